The highest BCUT2D eigenvalue weighted by molar-refractivity contribution is 7.12. The predicted molar refractivity (Wildman–Crippen MR) is 66.2 cm³/mol. The lowest BCUT2D eigenvalue weighted by atomic mass is 10.2. The summed E-state index contributed by atoms with van der Waals surface area (Å²) in [6.45, 7) is 0. The molecule has 0 atom stereocenters. The van der Waals surface area contributed by atoms with Crippen LogP contribution < -0.4 is 5.32 Å². The Bertz CT molecular complexity index is 706. The lowest BCUT2D eigenvalue weighted by Crippen LogP contribution is -2.10. The van der Waals surface area contributed by atoms with E-state index < -0.39 is 5.82 Å². The lowest BCUT2D eigenvalue weighted by molar-refractivity contribution is 0.103. The van der Waals surface area contributed by atoms with Gasteiger partial charge in [-0.25, -0.2) is 4.39 Å². The van der Waals surface area contributed by atoms with Crippen molar-refractivity contribution in [2.45, 2.75) is 0 Å². The smallest absolute Gasteiger partial charge is 0.266 e. The number of benzene rings is 1. The molecule has 0 aliphatic rings. The minimum Gasteiger partial charge on any atom is -0.354 e. The fourth-order valence-electron chi connectivity index (χ4n) is 1.58. The molecule has 0 saturated heterocycles. The molecule has 1 amide bonds. The minimum atomic E-state index is -0.408. The van der Waals surface area contributed by atoms with Crippen molar-refractivity contribution in [2.75, 3.05) is 5.32 Å². The largest absolute Gasteiger partial charge is 0.354 e. The van der Waals surface area contributed by atoms with Gasteiger partial charge in [0.2, 0.25) is 0 Å². The first-order valence-corrected chi connectivity index (χ1v) is 6.02. The van der Waals surface area contributed by atoms with E-state index in [1.165, 1.54) is 29.5 Å². The average molecular weight is 262 g/mol. The Morgan fingerprint density at radius 3 is 3.06 bits per heavy atom. The monoisotopic (exact) mass is 262 g/mol. The summed E-state index contributed by atoms with van der Waals surface area (Å²) in [7, 11) is 0. The van der Waals surface area contributed by atoms with Crippen LogP contribution in [-0.2, 0) is 0 Å². The van der Waals surface area contributed by atoms with E-state index in [-0.39, 0.29) is 5.91 Å². The molecule has 0 fully saturated rings. The first kappa shape index (κ1) is 10.9. The van der Waals surface area contributed by atoms with Gasteiger partial charge in [0, 0.05) is 6.07 Å². The van der Waals surface area contributed by atoms with E-state index in [0.717, 1.165) is 0 Å². The highest BCUT2D eigenvalue weighted by atomic mass is 32.1. The molecule has 0 spiro atoms. The highest BCUT2D eigenvalue weighted by Crippen LogP contribution is 2.24. The molecular weight excluding hydrogens is 255 g/mol. The van der Waals surface area contributed by atoms with E-state index in [2.05, 4.69) is 10.5 Å². The molecule has 0 radical (unpaired) electrons. The third-order valence-electron chi connectivity index (χ3n) is 2.41. The third-order valence-corrected chi connectivity index (χ3v) is 3.28. The van der Waals surface area contributed by atoms with Gasteiger partial charge in [0.15, 0.2) is 11.4 Å². The van der Waals surface area contributed by atoms with E-state index >= 15 is 0 Å². The number of thiophene rings is 1. The first-order chi connectivity index (χ1) is 8.74. The molecule has 0 bridgehead atoms. The number of aromatic nitrogens is 1. The Balaban J connectivity index is 1.94. The van der Waals surface area contributed by atoms with E-state index in [0.29, 0.717) is 21.7 Å². The molecule has 0 saturated carbocycles. The summed E-state index contributed by atoms with van der Waals surface area (Å²) < 4.78 is 17.9. The van der Waals surface area contributed by atoms with Gasteiger partial charge in [0.25, 0.3) is 5.91 Å². The van der Waals surface area contributed by atoms with Gasteiger partial charge in [-0.15, -0.1) is 11.3 Å². The standard InChI is InChI=1S/C12H7FN2O2S/c13-7-3-4-8-9(6-7)17-15-11(8)14-12(16)10-2-1-5-18-10/h1-6H,(H,14,15,16). The second-order valence-corrected chi connectivity index (χ2v) is 4.55. The van der Waals surface area contributed by atoms with E-state index in [4.69, 9.17) is 4.52 Å². The van der Waals surface area contributed by atoms with Gasteiger partial charge in [-0.1, -0.05) is 11.2 Å². The lowest BCUT2D eigenvalue weighted by Gasteiger charge is -1.98. The topological polar surface area (TPSA) is 55.1 Å². The Morgan fingerprint density at radius 1 is 1.39 bits per heavy atom. The van der Waals surface area contributed by atoms with Crippen LogP contribution >= 0.6 is 11.3 Å². The minimum absolute atomic E-state index is 0.260. The fourth-order valence-corrected chi connectivity index (χ4v) is 2.20. The number of nitrogens with zero attached hydrogens (tertiary/aromatic N) is 1. The molecule has 3 rings (SSSR count). The predicted octanol–water partition coefficient (Wildman–Crippen LogP) is 3.28. The molecule has 0 unspecified atom stereocenters. The Morgan fingerprint density at radius 2 is 2.28 bits per heavy atom. The first-order valence-electron chi connectivity index (χ1n) is 5.14. The van der Waals surface area contributed by atoms with Crippen molar-refractivity contribution in [3.8, 4) is 0 Å². The summed E-state index contributed by atoms with van der Waals surface area (Å²) in [4.78, 5) is 12.4. The molecule has 4 nitrogen and oxygen atoms in total. The number of carbonyl (C=O) groups excluding carboxylic acids is 1. The zero-order valence-electron chi connectivity index (χ0n) is 9.01. The van der Waals surface area contributed by atoms with Crippen LogP contribution in [0, 0.1) is 5.82 Å². The number of halogens is 1. The fraction of sp³-hybridized carbons (Fsp3) is 0. The SMILES string of the molecule is O=C(Nc1noc2cc(F)ccc12)c1cccs1. The molecule has 0 aliphatic carbocycles. The van der Waals surface area contributed by atoms with Gasteiger partial charge in [-0.2, -0.15) is 0 Å². The molecule has 18 heavy (non-hydrogen) atoms. The van der Waals surface area contributed by atoms with Gasteiger partial charge in [0.05, 0.1) is 10.3 Å². The molecule has 3 aromatic rings. The Labute approximate surface area is 105 Å². The molecule has 0 aliphatic heterocycles. The van der Waals surface area contributed by atoms with E-state index in [9.17, 15) is 9.18 Å². The quantitative estimate of drug-likeness (QED) is 0.771. The number of amides is 1. The summed E-state index contributed by atoms with van der Waals surface area (Å²) >= 11 is 1.33. The van der Waals surface area contributed by atoms with Crippen molar-refractivity contribution in [1.82, 2.24) is 5.16 Å². The van der Waals surface area contributed by atoms with Crippen LogP contribution in [0.3, 0.4) is 0 Å². The van der Waals surface area contributed by atoms with Crippen LogP contribution in [0.4, 0.5) is 10.2 Å². The second kappa shape index (κ2) is 4.23. The number of hydrogen-bond acceptors (Lipinski definition) is 4. The van der Waals surface area contributed by atoms with Crippen molar-refractivity contribution in [2.24, 2.45) is 0 Å². The van der Waals surface area contributed by atoms with Crippen LogP contribution in [0.5, 0.6) is 0 Å². The molecule has 6 heteroatoms. The Kier molecular flexibility index (Phi) is 2.56. The van der Waals surface area contributed by atoms with Gasteiger partial charge < -0.3 is 9.84 Å². The summed E-state index contributed by atoms with van der Waals surface area (Å²) in [5.41, 5.74) is 0.302. The highest BCUT2D eigenvalue weighted by Gasteiger charge is 2.13. The van der Waals surface area contributed by atoms with E-state index in [1.807, 2.05) is 5.38 Å². The molecule has 2 heterocycles. The zero-order valence-corrected chi connectivity index (χ0v) is 9.83. The van der Waals surface area contributed by atoms with Crippen LogP contribution in [-0.4, -0.2) is 11.1 Å². The maximum Gasteiger partial charge on any atom is 0.266 e. The summed E-state index contributed by atoms with van der Waals surface area (Å²) in [5.74, 6) is -0.372. The van der Waals surface area contributed by atoms with E-state index in [1.54, 1.807) is 12.1 Å². The number of carbonyl (C=O) groups is 1. The van der Waals surface area contributed by atoms with Crippen molar-refractivity contribution in [3.05, 3.63) is 46.4 Å². The maximum atomic E-state index is 13.0. The summed E-state index contributed by atoms with van der Waals surface area (Å²) in [5, 5.41) is 8.73. The van der Waals surface area contributed by atoms with Crippen LogP contribution in [0.1, 0.15) is 9.67 Å². The molecular formula is C12H7FN2O2S. The van der Waals surface area contributed by atoms with Crippen LogP contribution in [0.25, 0.3) is 11.0 Å². The van der Waals surface area contributed by atoms with Crippen molar-refractivity contribution in [1.29, 1.82) is 0 Å². The van der Waals surface area contributed by atoms with Crippen molar-refractivity contribution in [3.63, 3.8) is 0 Å². The second-order valence-electron chi connectivity index (χ2n) is 3.60. The molecule has 90 valence electrons. The van der Waals surface area contributed by atoms with Crippen LogP contribution in [0.15, 0.2) is 40.2 Å². The number of anilines is 1. The molecule has 2 aromatic heterocycles. The van der Waals surface area contributed by atoms with Crippen molar-refractivity contribution < 1.29 is 13.7 Å². The van der Waals surface area contributed by atoms with Gasteiger partial charge in [-0.05, 0) is 23.6 Å². The average Bonchev–Trinajstić information content (AvgIpc) is 2.98. The van der Waals surface area contributed by atoms with Crippen LogP contribution in [0.2, 0.25) is 0 Å². The number of nitrogens with one attached hydrogen (secondary N) is 1. The molecule has 1 N–H and O–H groups in total. The third kappa shape index (κ3) is 1.86. The van der Waals surface area contributed by atoms with Gasteiger partial charge in [-0.3, -0.25) is 4.79 Å². The van der Waals surface area contributed by atoms with Gasteiger partial charge in [0.1, 0.15) is 5.82 Å². The number of fused-ring (bicyclic) bond motifs is 1. The molecule has 1 aromatic carbocycles. The zero-order chi connectivity index (χ0) is 12.5. The van der Waals surface area contributed by atoms with Gasteiger partial charge >= 0.3 is 0 Å². The summed E-state index contributed by atoms with van der Waals surface area (Å²) in [6, 6.07) is 7.53. The maximum absolute atomic E-state index is 13.0. The van der Waals surface area contributed by atoms with Crippen molar-refractivity contribution >= 4 is 34.0 Å². The Hall–Kier alpha value is -2.21. The normalized spacial score (nSPS) is 10.7. The summed E-state index contributed by atoms with van der Waals surface area (Å²) in [6.07, 6.45) is 0. The number of rotatable bonds is 2. The number of hydrogen-bond donors (Lipinski definition) is 1.